The molecule has 0 aromatic heterocycles. The Kier molecular flexibility index (Phi) is 4.04. The lowest BCUT2D eigenvalue weighted by Gasteiger charge is -2.23. The van der Waals surface area contributed by atoms with Crippen molar-refractivity contribution in [2.24, 2.45) is 5.92 Å². The molecule has 0 spiro atoms. The van der Waals surface area contributed by atoms with Gasteiger partial charge >= 0.3 is 5.97 Å². The van der Waals surface area contributed by atoms with Crippen LogP contribution < -0.4 is 10.6 Å². The molecule has 2 amide bonds. The molecule has 2 fully saturated rings. The molecule has 1 unspecified atom stereocenters. The van der Waals surface area contributed by atoms with Gasteiger partial charge in [0.15, 0.2) is 5.54 Å². The van der Waals surface area contributed by atoms with Crippen molar-refractivity contribution in [2.45, 2.75) is 24.8 Å². The fraction of sp³-hybridized carbons (Fsp3) is 0.438. The molecular formula is C16H18N2O5. The molecule has 7 heteroatoms. The van der Waals surface area contributed by atoms with Gasteiger partial charge < -0.3 is 20.5 Å². The average Bonchev–Trinajstić information content (AvgIpc) is 3.28. The van der Waals surface area contributed by atoms with Crippen LogP contribution in [0.5, 0.6) is 0 Å². The van der Waals surface area contributed by atoms with E-state index in [0.717, 1.165) is 12.8 Å². The molecule has 2 aliphatic rings. The smallest absolute Gasteiger partial charge is 0.331 e. The van der Waals surface area contributed by atoms with Gasteiger partial charge in [-0.2, -0.15) is 0 Å². The molecule has 0 bridgehead atoms. The minimum atomic E-state index is -1.37. The summed E-state index contributed by atoms with van der Waals surface area (Å²) >= 11 is 0. The van der Waals surface area contributed by atoms with E-state index in [2.05, 4.69) is 10.6 Å². The van der Waals surface area contributed by atoms with Gasteiger partial charge in [-0.05, 0) is 37.1 Å². The zero-order valence-corrected chi connectivity index (χ0v) is 12.5. The van der Waals surface area contributed by atoms with Crippen molar-refractivity contribution >= 4 is 23.5 Å². The van der Waals surface area contributed by atoms with Crippen LogP contribution in [0.1, 0.15) is 29.6 Å². The number of nitrogens with one attached hydrogen (secondary N) is 2. The fourth-order valence-corrected chi connectivity index (χ4v) is 2.47. The topological polar surface area (TPSA) is 105 Å². The van der Waals surface area contributed by atoms with Gasteiger partial charge in [0.1, 0.15) is 0 Å². The zero-order valence-electron chi connectivity index (χ0n) is 12.5. The van der Waals surface area contributed by atoms with Gasteiger partial charge in [0.2, 0.25) is 5.91 Å². The Morgan fingerprint density at radius 1 is 1.17 bits per heavy atom. The fourth-order valence-electron chi connectivity index (χ4n) is 2.47. The number of benzene rings is 1. The number of aliphatic carboxylic acids is 1. The highest BCUT2D eigenvalue weighted by Crippen LogP contribution is 2.30. The summed E-state index contributed by atoms with van der Waals surface area (Å²) in [6.45, 7) is 0.266. The summed E-state index contributed by atoms with van der Waals surface area (Å²) < 4.78 is 5.11. The third-order valence-corrected chi connectivity index (χ3v) is 4.15. The van der Waals surface area contributed by atoms with E-state index in [0.29, 0.717) is 17.9 Å². The predicted molar refractivity (Wildman–Crippen MR) is 81.1 cm³/mol. The predicted octanol–water partition coefficient (Wildman–Crippen LogP) is 1.01. The first-order valence-corrected chi connectivity index (χ1v) is 7.55. The lowest BCUT2D eigenvalue weighted by Crippen LogP contribution is -2.55. The standard InChI is InChI=1S/C16H18N2O5/c19-13(10-1-2-10)17-12-5-3-11(4-6-12)14(20)18-16(15(21)22)7-8-23-9-16/h3-6,10H,1-2,7-9H2,(H,17,19)(H,18,20)(H,21,22). The number of carboxylic acid groups (broad SMARTS) is 1. The van der Waals surface area contributed by atoms with E-state index in [4.69, 9.17) is 4.74 Å². The summed E-state index contributed by atoms with van der Waals surface area (Å²) in [5.74, 6) is -1.47. The minimum absolute atomic E-state index is 0.00450. The number of hydrogen-bond donors (Lipinski definition) is 3. The molecule has 1 atom stereocenters. The van der Waals surface area contributed by atoms with Crippen molar-refractivity contribution in [3.63, 3.8) is 0 Å². The number of carboxylic acids is 1. The summed E-state index contributed by atoms with van der Waals surface area (Å²) in [5, 5.41) is 14.6. The Morgan fingerprint density at radius 2 is 1.87 bits per heavy atom. The van der Waals surface area contributed by atoms with Crippen molar-refractivity contribution in [1.29, 1.82) is 0 Å². The Labute approximate surface area is 133 Å². The largest absolute Gasteiger partial charge is 0.479 e. The van der Waals surface area contributed by atoms with Crippen LogP contribution in [-0.4, -0.2) is 41.6 Å². The summed E-state index contributed by atoms with van der Waals surface area (Å²) in [4.78, 5) is 35.3. The lowest BCUT2D eigenvalue weighted by molar-refractivity contribution is -0.144. The second-order valence-corrected chi connectivity index (χ2v) is 5.98. The van der Waals surface area contributed by atoms with E-state index in [1.807, 2.05) is 0 Å². The van der Waals surface area contributed by atoms with Crippen LogP contribution in [0, 0.1) is 5.92 Å². The highest BCUT2D eigenvalue weighted by atomic mass is 16.5. The van der Waals surface area contributed by atoms with Crippen LogP contribution >= 0.6 is 0 Å². The van der Waals surface area contributed by atoms with Gasteiger partial charge in [0, 0.05) is 30.2 Å². The van der Waals surface area contributed by atoms with Gasteiger partial charge in [-0.25, -0.2) is 4.79 Å². The van der Waals surface area contributed by atoms with Crippen molar-refractivity contribution in [2.75, 3.05) is 18.5 Å². The van der Waals surface area contributed by atoms with Crippen molar-refractivity contribution in [1.82, 2.24) is 5.32 Å². The molecule has 1 saturated carbocycles. The number of amides is 2. The molecule has 1 aromatic rings. The summed E-state index contributed by atoms with van der Waals surface area (Å²) in [5.41, 5.74) is -0.409. The highest BCUT2D eigenvalue weighted by Gasteiger charge is 2.44. The van der Waals surface area contributed by atoms with Crippen molar-refractivity contribution < 1.29 is 24.2 Å². The number of hydrogen-bond acceptors (Lipinski definition) is 4. The highest BCUT2D eigenvalue weighted by molar-refractivity contribution is 5.99. The van der Waals surface area contributed by atoms with E-state index in [9.17, 15) is 19.5 Å². The molecule has 0 radical (unpaired) electrons. The number of anilines is 1. The Morgan fingerprint density at radius 3 is 2.39 bits per heavy atom. The van der Waals surface area contributed by atoms with Crippen molar-refractivity contribution in [3.05, 3.63) is 29.8 Å². The summed E-state index contributed by atoms with van der Waals surface area (Å²) in [6.07, 6.45) is 2.08. The zero-order chi connectivity index (χ0) is 16.4. The average molecular weight is 318 g/mol. The molecule has 1 saturated heterocycles. The second kappa shape index (κ2) is 6.00. The van der Waals surface area contributed by atoms with Crippen LogP contribution in [0.2, 0.25) is 0 Å². The van der Waals surface area contributed by atoms with E-state index >= 15 is 0 Å². The van der Waals surface area contributed by atoms with Crippen LogP contribution in [0.25, 0.3) is 0 Å². The van der Waals surface area contributed by atoms with Crippen molar-refractivity contribution in [3.8, 4) is 0 Å². The number of carbonyl (C=O) groups is 3. The van der Waals surface area contributed by atoms with E-state index in [1.54, 1.807) is 24.3 Å². The minimum Gasteiger partial charge on any atom is -0.479 e. The quantitative estimate of drug-likeness (QED) is 0.751. The monoisotopic (exact) mass is 318 g/mol. The second-order valence-electron chi connectivity index (χ2n) is 5.98. The maximum absolute atomic E-state index is 12.2. The maximum atomic E-state index is 12.2. The lowest BCUT2D eigenvalue weighted by atomic mass is 9.98. The van der Waals surface area contributed by atoms with Crippen LogP contribution in [0.15, 0.2) is 24.3 Å². The molecule has 7 nitrogen and oxygen atoms in total. The van der Waals surface area contributed by atoms with E-state index in [1.165, 1.54) is 0 Å². The molecule has 122 valence electrons. The number of carbonyl (C=O) groups excluding carboxylic acids is 2. The van der Waals surface area contributed by atoms with Gasteiger partial charge in [-0.15, -0.1) is 0 Å². The SMILES string of the molecule is O=C(NC1(C(=O)O)CCOC1)c1ccc(NC(=O)C2CC2)cc1. The summed E-state index contributed by atoms with van der Waals surface area (Å²) in [6, 6.07) is 6.38. The molecule has 3 N–H and O–H groups in total. The molecule has 3 rings (SSSR count). The molecule has 1 heterocycles. The Hall–Kier alpha value is -2.41. The molecular weight excluding hydrogens is 300 g/mol. The van der Waals surface area contributed by atoms with E-state index < -0.39 is 17.4 Å². The number of ether oxygens (including phenoxy) is 1. The van der Waals surface area contributed by atoms with E-state index in [-0.39, 0.29) is 24.9 Å². The summed E-state index contributed by atoms with van der Waals surface area (Å²) in [7, 11) is 0. The Bertz CT molecular complexity index is 630. The Balaban J connectivity index is 1.65. The van der Waals surface area contributed by atoms with Gasteiger partial charge in [-0.3, -0.25) is 9.59 Å². The first-order valence-electron chi connectivity index (χ1n) is 7.55. The molecule has 1 aliphatic heterocycles. The first-order chi connectivity index (χ1) is 11.0. The molecule has 1 aliphatic carbocycles. The van der Waals surface area contributed by atoms with Crippen LogP contribution in [-0.2, 0) is 14.3 Å². The molecule has 1 aromatic carbocycles. The van der Waals surface area contributed by atoms with Gasteiger partial charge in [-0.1, -0.05) is 0 Å². The van der Waals surface area contributed by atoms with Crippen LogP contribution in [0.3, 0.4) is 0 Å². The van der Waals surface area contributed by atoms with Gasteiger partial charge in [0.05, 0.1) is 6.61 Å². The number of rotatable bonds is 5. The van der Waals surface area contributed by atoms with Crippen LogP contribution in [0.4, 0.5) is 5.69 Å². The first kappa shape index (κ1) is 15.5. The third-order valence-electron chi connectivity index (χ3n) is 4.15. The normalized spacial score (nSPS) is 23.3. The van der Waals surface area contributed by atoms with Gasteiger partial charge in [0.25, 0.3) is 5.91 Å². The third kappa shape index (κ3) is 3.34. The molecule has 23 heavy (non-hydrogen) atoms. The maximum Gasteiger partial charge on any atom is 0.331 e.